The molecule has 5 heterocycles. The molecule has 0 amide bonds. The van der Waals surface area contributed by atoms with Crippen molar-refractivity contribution >= 4 is 11.2 Å². The van der Waals surface area contributed by atoms with Crippen molar-refractivity contribution in [3.05, 3.63) is 60.7 Å². The molecule has 0 atom stereocenters. The minimum absolute atomic E-state index is 0.912. The summed E-state index contributed by atoms with van der Waals surface area (Å²) < 4.78 is 6.70. The maximum atomic E-state index is 4.54. The van der Waals surface area contributed by atoms with Crippen molar-refractivity contribution in [2.75, 3.05) is 0 Å². The molecule has 0 unspecified atom stereocenters. The molecular weight excluding hydrogens is 236 g/mol. The predicted molar refractivity (Wildman–Crippen MR) is 70.9 cm³/mol. The molecule has 19 heavy (non-hydrogen) atoms. The number of fused-ring (bicyclic) bond motifs is 7. The fourth-order valence-electron chi connectivity index (χ4n) is 3.04. The van der Waals surface area contributed by atoms with Crippen LogP contribution in [0, 0.1) is 0 Å². The van der Waals surface area contributed by atoms with Gasteiger partial charge >= 0.3 is 5.82 Å². The van der Waals surface area contributed by atoms with Gasteiger partial charge in [0.15, 0.2) is 11.9 Å². The lowest BCUT2D eigenvalue weighted by molar-refractivity contribution is -0.670. The summed E-state index contributed by atoms with van der Waals surface area (Å²) in [4.78, 5) is 4.54. The monoisotopic (exact) mass is 247 g/mol. The van der Waals surface area contributed by atoms with Crippen LogP contribution in [0.25, 0.3) is 22.7 Å². The highest BCUT2D eigenvalue weighted by Gasteiger charge is 2.32. The van der Waals surface area contributed by atoms with Crippen LogP contribution < -0.4 is 4.57 Å². The first kappa shape index (κ1) is 9.33. The highest BCUT2D eigenvalue weighted by Crippen LogP contribution is 2.26. The molecule has 0 aliphatic carbocycles. The quantitative estimate of drug-likeness (QED) is 0.384. The van der Waals surface area contributed by atoms with E-state index in [0.29, 0.717) is 0 Å². The van der Waals surface area contributed by atoms with Crippen LogP contribution in [-0.4, -0.2) is 13.8 Å². The molecule has 4 aromatic rings. The standard InChI is InChI=1S/C15H11N4/c1-2-7-18-12(5-1)9-19-13(18)10-17-8-11-4-3-6-16-14(11)15(17)19/h1-7,9-10H,8H2/q+1. The molecule has 5 rings (SSSR count). The van der Waals surface area contributed by atoms with Crippen molar-refractivity contribution in [3.8, 4) is 11.5 Å². The molecule has 4 heteroatoms. The second-order valence-corrected chi connectivity index (χ2v) is 4.94. The molecule has 0 bridgehead atoms. The van der Waals surface area contributed by atoms with E-state index in [1.807, 2.05) is 12.3 Å². The van der Waals surface area contributed by atoms with Gasteiger partial charge in [0.2, 0.25) is 0 Å². The average molecular weight is 247 g/mol. The topological polar surface area (TPSA) is 25.6 Å². The fourth-order valence-corrected chi connectivity index (χ4v) is 3.04. The number of nitrogens with zero attached hydrogens (tertiary/aromatic N) is 4. The van der Waals surface area contributed by atoms with E-state index < -0.39 is 0 Å². The first-order chi connectivity index (χ1) is 9.42. The fraction of sp³-hybridized carbons (Fsp3) is 0.0667. The van der Waals surface area contributed by atoms with Crippen LogP contribution in [0.2, 0.25) is 0 Å². The predicted octanol–water partition coefficient (Wildman–Crippen LogP) is 1.90. The molecule has 0 saturated carbocycles. The summed E-state index contributed by atoms with van der Waals surface area (Å²) >= 11 is 0. The maximum absolute atomic E-state index is 4.54. The van der Waals surface area contributed by atoms with E-state index in [0.717, 1.165) is 12.2 Å². The Morgan fingerprint density at radius 1 is 1.11 bits per heavy atom. The van der Waals surface area contributed by atoms with E-state index in [1.54, 1.807) is 0 Å². The van der Waals surface area contributed by atoms with Crippen LogP contribution in [0.4, 0.5) is 0 Å². The van der Waals surface area contributed by atoms with E-state index in [-0.39, 0.29) is 0 Å². The molecule has 1 aliphatic rings. The van der Waals surface area contributed by atoms with Crippen LogP contribution in [0.15, 0.2) is 55.1 Å². The smallest absolute Gasteiger partial charge is 0.277 e. The molecule has 90 valence electrons. The van der Waals surface area contributed by atoms with Gasteiger partial charge in [-0.15, -0.1) is 0 Å². The van der Waals surface area contributed by atoms with Crippen molar-refractivity contribution < 1.29 is 4.57 Å². The van der Waals surface area contributed by atoms with Crippen LogP contribution in [0.1, 0.15) is 5.56 Å². The normalized spacial score (nSPS) is 13.1. The Morgan fingerprint density at radius 3 is 3.11 bits per heavy atom. The SMILES string of the molecule is c1cnc2c(c1)C[n+]1cc3n(cc4ccccn43)c1-2. The van der Waals surface area contributed by atoms with Crippen molar-refractivity contribution in [1.82, 2.24) is 13.8 Å². The van der Waals surface area contributed by atoms with E-state index in [4.69, 9.17) is 0 Å². The number of pyridine rings is 2. The van der Waals surface area contributed by atoms with E-state index >= 15 is 0 Å². The van der Waals surface area contributed by atoms with Gasteiger partial charge in [-0.2, -0.15) is 4.40 Å². The number of imidazole rings is 2. The zero-order chi connectivity index (χ0) is 12.4. The minimum atomic E-state index is 0.912. The summed E-state index contributed by atoms with van der Waals surface area (Å²) in [5, 5.41) is 0. The second-order valence-electron chi connectivity index (χ2n) is 4.94. The Labute approximate surface area is 109 Å². The van der Waals surface area contributed by atoms with E-state index in [2.05, 4.69) is 61.2 Å². The molecule has 4 nitrogen and oxygen atoms in total. The number of hydrogen-bond donors (Lipinski definition) is 0. The lowest BCUT2D eigenvalue weighted by Crippen LogP contribution is -2.29. The molecule has 0 spiro atoms. The zero-order valence-corrected chi connectivity index (χ0v) is 10.2. The lowest BCUT2D eigenvalue weighted by atomic mass is 10.2. The van der Waals surface area contributed by atoms with Gasteiger partial charge in [-0.25, -0.2) is 9.55 Å². The van der Waals surface area contributed by atoms with Crippen molar-refractivity contribution in [2.24, 2.45) is 0 Å². The third kappa shape index (κ3) is 1.04. The largest absolute Gasteiger partial charge is 0.315 e. The van der Waals surface area contributed by atoms with Gasteiger partial charge in [0.05, 0.1) is 5.52 Å². The molecular formula is C15H11N4+. The molecule has 0 saturated heterocycles. The average Bonchev–Trinajstić information content (AvgIpc) is 3.05. The minimum Gasteiger partial charge on any atom is -0.277 e. The second kappa shape index (κ2) is 3.03. The van der Waals surface area contributed by atoms with E-state index in [9.17, 15) is 0 Å². The molecule has 1 aliphatic heterocycles. The van der Waals surface area contributed by atoms with Gasteiger partial charge in [-0.3, -0.25) is 4.40 Å². The Morgan fingerprint density at radius 2 is 2.11 bits per heavy atom. The summed E-state index contributed by atoms with van der Waals surface area (Å²) in [6.07, 6.45) is 8.33. The summed E-state index contributed by atoms with van der Waals surface area (Å²) in [7, 11) is 0. The summed E-state index contributed by atoms with van der Waals surface area (Å²) in [5.74, 6) is 1.18. The first-order valence-electron chi connectivity index (χ1n) is 6.37. The summed E-state index contributed by atoms with van der Waals surface area (Å²) in [6, 6.07) is 10.4. The van der Waals surface area contributed by atoms with Crippen LogP contribution in [-0.2, 0) is 6.54 Å². The Kier molecular flexibility index (Phi) is 1.49. The van der Waals surface area contributed by atoms with Crippen molar-refractivity contribution in [1.29, 1.82) is 0 Å². The molecule has 4 aromatic heterocycles. The van der Waals surface area contributed by atoms with Gasteiger partial charge in [0, 0.05) is 18.0 Å². The molecule has 0 N–H and O–H groups in total. The Hall–Kier alpha value is -2.62. The van der Waals surface area contributed by atoms with Gasteiger partial charge in [0.1, 0.15) is 12.7 Å². The van der Waals surface area contributed by atoms with Gasteiger partial charge in [-0.05, 0) is 18.2 Å². The zero-order valence-electron chi connectivity index (χ0n) is 10.2. The van der Waals surface area contributed by atoms with Crippen molar-refractivity contribution in [2.45, 2.75) is 6.54 Å². The number of hydrogen-bond acceptors (Lipinski definition) is 1. The van der Waals surface area contributed by atoms with Crippen LogP contribution in [0.5, 0.6) is 0 Å². The third-order valence-corrected chi connectivity index (χ3v) is 3.86. The summed E-state index contributed by atoms with van der Waals surface area (Å²) in [6.45, 7) is 0.912. The highest BCUT2D eigenvalue weighted by atomic mass is 15.2. The maximum Gasteiger partial charge on any atom is 0.315 e. The van der Waals surface area contributed by atoms with Gasteiger partial charge < -0.3 is 0 Å². The third-order valence-electron chi connectivity index (χ3n) is 3.86. The van der Waals surface area contributed by atoms with Gasteiger partial charge in [0.25, 0.3) is 5.65 Å². The van der Waals surface area contributed by atoms with Crippen LogP contribution in [0.3, 0.4) is 0 Å². The molecule has 0 radical (unpaired) electrons. The first-order valence-corrected chi connectivity index (χ1v) is 6.37. The summed E-state index contributed by atoms with van der Waals surface area (Å²) in [5.41, 5.74) is 4.77. The van der Waals surface area contributed by atoms with Crippen LogP contribution >= 0.6 is 0 Å². The number of rotatable bonds is 0. The highest BCUT2D eigenvalue weighted by molar-refractivity contribution is 5.64. The van der Waals surface area contributed by atoms with Gasteiger partial charge in [-0.1, -0.05) is 12.1 Å². The Bertz CT molecular complexity index is 945. The molecule has 0 aromatic carbocycles. The lowest BCUT2D eigenvalue weighted by Gasteiger charge is -1.91. The Balaban J connectivity index is 1.97. The molecule has 0 fully saturated rings. The van der Waals surface area contributed by atoms with E-state index in [1.165, 1.54) is 22.6 Å². The van der Waals surface area contributed by atoms with Crippen molar-refractivity contribution in [3.63, 3.8) is 0 Å². The number of aromatic nitrogens is 4.